The van der Waals surface area contributed by atoms with E-state index < -0.39 is 15.9 Å². The Kier molecular flexibility index (Phi) is 5.52. The Bertz CT molecular complexity index is 784. The SMILES string of the molecule is CCCc1ccc(S(=O)(=O)NNC(=O)c2ccccc2C)cc1. The molecule has 0 saturated carbocycles. The monoisotopic (exact) mass is 332 g/mol. The van der Waals surface area contributed by atoms with Crippen LogP contribution in [-0.2, 0) is 16.4 Å². The summed E-state index contributed by atoms with van der Waals surface area (Å²) in [7, 11) is -3.79. The number of nitrogens with one attached hydrogen (secondary N) is 2. The predicted molar refractivity (Wildman–Crippen MR) is 89.4 cm³/mol. The second-order valence-electron chi connectivity index (χ2n) is 5.27. The highest BCUT2D eigenvalue weighted by Crippen LogP contribution is 2.12. The number of rotatable bonds is 6. The van der Waals surface area contributed by atoms with E-state index in [4.69, 9.17) is 0 Å². The zero-order valence-electron chi connectivity index (χ0n) is 13.2. The van der Waals surface area contributed by atoms with E-state index in [9.17, 15) is 13.2 Å². The number of sulfonamides is 1. The van der Waals surface area contributed by atoms with E-state index in [-0.39, 0.29) is 4.90 Å². The minimum Gasteiger partial charge on any atom is -0.273 e. The van der Waals surface area contributed by atoms with Crippen molar-refractivity contribution >= 4 is 15.9 Å². The number of aryl methyl sites for hydroxylation is 2. The van der Waals surface area contributed by atoms with E-state index in [1.54, 1.807) is 37.3 Å². The lowest BCUT2D eigenvalue weighted by Gasteiger charge is -2.10. The lowest BCUT2D eigenvalue weighted by Crippen LogP contribution is -2.41. The summed E-state index contributed by atoms with van der Waals surface area (Å²) >= 11 is 0. The molecule has 2 aromatic carbocycles. The molecule has 0 heterocycles. The summed E-state index contributed by atoms with van der Waals surface area (Å²) < 4.78 is 24.4. The van der Waals surface area contributed by atoms with Gasteiger partial charge in [-0.15, -0.1) is 4.83 Å². The van der Waals surface area contributed by atoms with Crippen LogP contribution in [-0.4, -0.2) is 14.3 Å². The van der Waals surface area contributed by atoms with Crippen LogP contribution in [0.25, 0.3) is 0 Å². The van der Waals surface area contributed by atoms with Crippen molar-refractivity contribution in [1.82, 2.24) is 10.3 Å². The molecule has 5 nitrogen and oxygen atoms in total. The van der Waals surface area contributed by atoms with Gasteiger partial charge in [-0.05, 0) is 42.7 Å². The third-order valence-corrected chi connectivity index (χ3v) is 4.72. The molecule has 2 aromatic rings. The topological polar surface area (TPSA) is 75.3 Å². The molecule has 2 N–H and O–H groups in total. The van der Waals surface area contributed by atoms with Crippen molar-refractivity contribution < 1.29 is 13.2 Å². The van der Waals surface area contributed by atoms with Crippen molar-refractivity contribution in [3.05, 3.63) is 65.2 Å². The van der Waals surface area contributed by atoms with E-state index in [2.05, 4.69) is 17.2 Å². The molecular formula is C17H20N2O3S. The van der Waals surface area contributed by atoms with Crippen LogP contribution in [0, 0.1) is 6.92 Å². The van der Waals surface area contributed by atoms with Crippen molar-refractivity contribution in [2.75, 3.05) is 0 Å². The Morgan fingerprint density at radius 2 is 1.70 bits per heavy atom. The predicted octanol–water partition coefficient (Wildman–Crippen LogP) is 2.57. The van der Waals surface area contributed by atoms with Gasteiger partial charge < -0.3 is 0 Å². The molecule has 0 fully saturated rings. The van der Waals surface area contributed by atoms with Crippen LogP contribution in [0.2, 0.25) is 0 Å². The van der Waals surface area contributed by atoms with Crippen molar-refractivity contribution in [3.8, 4) is 0 Å². The summed E-state index contributed by atoms with van der Waals surface area (Å²) in [6.45, 7) is 3.85. The lowest BCUT2D eigenvalue weighted by atomic mass is 10.1. The fraction of sp³-hybridized carbons (Fsp3) is 0.235. The summed E-state index contributed by atoms with van der Waals surface area (Å²) in [5, 5.41) is 0. The Labute approximate surface area is 136 Å². The van der Waals surface area contributed by atoms with Gasteiger partial charge in [0.25, 0.3) is 15.9 Å². The maximum absolute atomic E-state index is 12.2. The Morgan fingerprint density at radius 3 is 2.30 bits per heavy atom. The molecule has 0 atom stereocenters. The average Bonchev–Trinajstić information content (AvgIpc) is 2.54. The number of benzene rings is 2. The Morgan fingerprint density at radius 1 is 1.04 bits per heavy atom. The standard InChI is InChI=1S/C17H20N2O3S/c1-3-6-14-9-11-15(12-10-14)23(21,22)19-18-17(20)16-8-5-4-7-13(16)2/h4-5,7-12,19H,3,6H2,1-2H3,(H,18,20). The highest BCUT2D eigenvalue weighted by atomic mass is 32.2. The molecule has 23 heavy (non-hydrogen) atoms. The second kappa shape index (κ2) is 7.39. The molecule has 1 amide bonds. The maximum atomic E-state index is 12.2. The number of hydrogen-bond acceptors (Lipinski definition) is 3. The van der Waals surface area contributed by atoms with E-state index in [1.165, 1.54) is 12.1 Å². The van der Waals surface area contributed by atoms with Crippen molar-refractivity contribution in [2.24, 2.45) is 0 Å². The molecule has 0 unspecified atom stereocenters. The first-order valence-electron chi connectivity index (χ1n) is 7.41. The molecule has 0 saturated heterocycles. The number of carbonyl (C=O) groups is 1. The van der Waals surface area contributed by atoms with E-state index >= 15 is 0 Å². The molecule has 0 spiro atoms. The summed E-state index contributed by atoms with van der Waals surface area (Å²) in [4.78, 5) is 14.3. The summed E-state index contributed by atoms with van der Waals surface area (Å²) in [5.41, 5.74) is 4.52. The van der Waals surface area contributed by atoms with Gasteiger partial charge in [-0.2, -0.15) is 0 Å². The molecule has 0 radical (unpaired) electrons. The molecular weight excluding hydrogens is 312 g/mol. The van der Waals surface area contributed by atoms with Crippen LogP contribution in [0.15, 0.2) is 53.4 Å². The van der Waals surface area contributed by atoms with Crippen molar-refractivity contribution in [3.63, 3.8) is 0 Å². The van der Waals surface area contributed by atoms with Crippen LogP contribution >= 0.6 is 0 Å². The van der Waals surface area contributed by atoms with Crippen molar-refractivity contribution in [2.45, 2.75) is 31.6 Å². The number of carbonyl (C=O) groups excluding carboxylic acids is 1. The molecule has 122 valence electrons. The fourth-order valence-corrected chi connectivity index (χ4v) is 3.03. The third-order valence-electron chi connectivity index (χ3n) is 3.46. The van der Waals surface area contributed by atoms with Crippen LogP contribution in [0.3, 0.4) is 0 Å². The molecule has 0 aromatic heterocycles. The van der Waals surface area contributed by atoms with Gasteiger partial charge in [-0.1, -0.05) is 43.7 Å². The molecule has 0 aliphatic heterocycles. The van der Waals surface area contributed by atoms with Crippen LogP contribution < -0.4 is 10.3 Å². The minimum absolute atomic E-state index is 0.113. The Balaban J connectivity index is 2.06. The van der Waals surface area contributed by atoms with Crippen LogP contribution in [0.1, 0.15) is 34.8 Å². The zero-order valence-corrected chi connectivity index (χ0v) is 14.0. The first-order valence-corrected chi connectivity index (χ1v) is 8.89. The summed E-state index contributed by atoms with van der Waals surface area (Å²) in [6, 6.07) is 13.6. The zero-order chi connectivity index (χ0) is 16.9. The van der Waals surface area contributed by atoms with Gasteiger partial charge in [-0.25, -0.2) is 8.42 Å². The third kappa shape index (κ3) is 4.40. The van der Waals surface area contributed by atoms with Crippen molar-refractivity contribution in [1.29, 1.82) is 0 Å². The summed E-state index contributed by atoms with van der Waals surface area (Å²) in [5.74, 6) is -0.491. The van der Waals surface area contributed by atoms with Gasteiger partial charge in [0.1, 0.15) is 0 Å². The van der Waals surface area contributed by atoms with E-state index in [1.807, 2.05) is 6.07 Å². The van der Waals surface area contributed by atoms with Crippen LogP contribution in [0.5, 0.6) is 0 Å². The fourth-order valence-electron chi connectivity index (χ4n) is 2.19. The largest absolute Gasteiger partial charge is 0.273 e. The van der Waals surface area contributed by atoms with Gasteiger partial charge in [0.2, 0.25) is 0 Å². The molecule has 0 aliphatic rings. The van der Waals surface area contributed by atoms with Gasteiger partial charge in [-0.3, -0.25) is 10.2 Å². The highest BCUT2D eigenvalue weighted by Gasteiger charge is 2.16. The molecule has 0 bridgehead atoms. The normalized spacial score (nSPS) is 11.2. The highest BCUT2D eigenvalue weighted by molar-refractivity contribution is 7.89. The van der Waals surface area contributed by atoms with Crippen LogP contribution in [0.4, 0.5) is 0 Å². The smallest absolute Gasteiger partial charge is 0.266 e. The lowest BCUT2D eigenvalue weighted by molar-refractivity contribution is 0.0944. The number of amides is 1. The van der Waals surface area contributed by atoms with Gasteiger partial charge >= 0.3 is 0 Å². The van der Waals surface area contributed by atoms with E-state index in [0.29, 0.717) is 5.56 Å². The van der Waals surface area contributed by atoms with Gasteiger partial charge in [0.05, 0.1) is 4.90 Å². The maximum Gasteiger partial charge on any atom is 0.266 e. The first-order chi connectivity index (χ1) is 10.9. The molecule has 6 heteroatoms. The minimum atomic E-state index is -3.79. The quantitative estimate of drug-likeness (QED) is 0.798. The van der Waals surface area contributed by atoms with E-state index in [0.717, 1.165) is 24.0 Å². The first kappa shape index (κ1) is 17.2. The van der Waals surface area contributed by atoms with Gasteiger partial charge in [0, 0.05) is 5.56 Å². The summed E-state index contributed by atoms with van der Waals surface area (Å²) in [6.07, 6.45) is 1.90. The molecule has 2 rings (SSSR count). The second-order valence-corrected chi connectivity index (χ2v) is 6.95. The van der Waals surface area contributed by atoms with Gasteiger partial charge in [0.15, 0.2) is 0 Å². The molecule has 0 aliphatic carbocycles. The number of hydrogen-bond donors (Lipinski definition) is 2. The number of hydrazine groups is 1. The Hall–Kier alpha value is -2.18. The average molecular weight is 332 g/mol.